The fourth-order valence-corrected chi connectivity index (χ4v) is 4.93. The van der Waals surface area contributed by atoms with E-state index in [0.29, 0.717) is 44.7 Å². The molecule has 7 heteroatoms. The van der Waals surface area contributed by atoms with E-state index in [4.69, 9.17) is 0 Å². The lowest BCUT2D eigenvalue weighted by Crippen LogP contribution is -2.48. The fourth-order valence-electron chi connectivity index (χ4n) is 3.48. The largest absolute Gasteiger partial charge is 0.337 e. The molecule has 0 aliphatic carbocycles. The molecule has 0 radical (unpaired) electrons. The first-order valence-corrected chi connectivity index (χ1v) is 11.7. The molecule has 0 spiro atoms. The van der Waals surface area contributed by atoms with Gasteiger partial charge in [0.1, 0.15) is 0 Å². The Kier molecular flexibility index (Phi) is 7.41. The van der Waals surface area contributed by atoms with Crippen LogP contribution in [-0.4, -0.2) is 68.6 Å². The Balaban J connectivity index is 1.73. The molecule has 1 saturated heterocycles. The maximum Gasteiger partial charge on any atom is 0.254 e. The number of hydrogen-bond acceptors (Lipinski definition) is 4. The summed E-state index contributed by atoms with van der Waals surface area (Å²) >= 11 is 0. The summed E-state index contributed by atoms with van der Waals surface area (Å²) in [6.45, 7) is 4.87. The lowest BCUT2D eigenvalue weighted by molar-refractivity contribution is 0.0766. The minimum absolute atomic E-state index is 0.0561. The van der Waals surface area contributed by atoms with Crippen LogP contribution in [0.3, 0.4) is 0 Å². The normalized spacial score (nSPS) is 15.2. The average Bonchev–Trinajstić information content (AvgIpc) is 2.75. The summed E-state index contributed by atoms with van der Waals surface area (Å²) in [7, 11) is -3.39. The molecule has 1 amide bonds. The van der Waals surface area contributed by atoms with E-state index in [1.54, 1.807) is 11.0 Å². The molecule has 156 valence electrons. The van der Waals surface area contributed by atoms with Crippen molar-refractivity contribution in [2.45, 2.75) is 13.3 Å². The zero-order chi connectivity index (χ0) is 20.7. The van der Waals surface area contributed by atoms with Crippen molar-refractivity contribution >= 4 is 15.9 Å². The van der Waals surface area contributed by atoms with Gasteiger partial charge < -0.3 is 10.2 Å². The molecule has 1 fully saturated rings. The van der Waals surface area contributed by atoms with Crippen LogP contribution in [0.5, 0.6) is 0 Å². The van der Waals surface area contributed by atoms with Gasteiger partial charge in [0.15, 0.2) is 0 Å². The third kappa shape index (κ3) is 5.88. The molecule has 0 unspecified atom stereocenters. The molecular weight excluding hydrogens is 386 g/mol. The third-order valence-corrected chi connectivity index (χ3v) is 7.11. The van der Waals surface area contributed by atoms with E-state index in [9.17, 15) is 13.2 Å². The number of nitrogens with one attached hydrogen (secondary N) is 1. The van der Waals surface area contributed by atoms with Crippen molar-refractivity contribution in [2.24, 2.45) is 0 Å². The summed E-state index contributed by atoms with van der Waals surface area (Å²) < 4.78 is 27.0. The van der Waals surface area contributed by atoms with Gasteiger partial charge in [-0.1, -0.05) is 48.5 Å². The quantitative estimate of drug-likeness (QED) is 0.715. The van der Waals surface area contributed by atoms with Gasteiger partial charge in [0, 0.05) is 44.8 Å². The lowest BCUT2D eigenvalue weighted by Gasteiger charge is -2.29. The summed E-state index contributed by atoms with van der Waals surface area (Å²) in [5.41, 5.74) is 2.65. The van der Waals surface area contributed by atoms with Crippen molar-refractivity contribution in [1.82, 2.24) is 14.5 Å². The second-order valence-corrected chi connectivity index (χ2v) is 9.40. The van der Waals surface area contributed by atoms with E-state index in [-0.39, 0.29) is 18.2 Å². The third-order valence-electron chi connectivity index (χ3n) is 5.26. The van der Waals surface area contributed by atoms with E-state index >= 15 is 0 Å². The molecule has 29 heavy (non-hydrogen) atoms. The zero-order valence-corrected chi connectivity index (χ0v) is 17.7. The highest BCUT2D eigenvalue weighted by Gasteiger charge is 2.26. The number of nitrogens with zero attached hydrogens (tertiary/aromatic N) is 2. The van der Waals surface area contributed by atoms with Crippen molar-refractivity contribution in [2.75, 3.05) is 45.0 Å². The van der Waals surface area contributed by atoms with Gasteiger partial charge in [-0.3, -0.25) is 4.79 Å². The summed E-state index contributed by atoms with van der Waals surface area (Å²) in [4.78, 5) is 14.9. The van der Waals surface area contributed by atoms with Gasteiger partial charge in [-0.2, -0.15) is 4.31 Å². The van der Waals surface area contributed by atoms with Crippen molar-refractivity contribution in [3.63, 3.8) is 0 Å². The van der Waals surface area contributed by atoms with Gasteiger partial charge in [0.25, 0.3) is 5.91 Å². The fraction of sp³-hybridized carbons (Fsp3) is 0.409. The van der Waals surface area contributed by atoms with Crippen LogP contribution in [-0.2, 0) is 16.4 Å². The average molecular weight is 416 g/mol. The SMILES string of the molecule is Cc1ccccc1C(=O)N(CCc1ccccc1)CCS(=O)(=O)N1CCNCC1. The summed E-state index contributed by atoms with van der Waals surface area (Å²) in [5, 5.41) is 3.17. The molecule has 6 nitrogen and oxygen atoms in total. The first kappa shape index (κ1) is 21.5. The monoisotopic (exact) mass is 415 g/mol. The molecule has 1 aliphatic heterocycles. The van der Waals surface area contributed by atoms with Crippen LogP contribution in [0.2, 0.25) is 0 Å². The van der Waals surface area contributed by atoms with Crippen molar-refractivity contribution in [3.05, 3.63) is 71.3 Å². The van der Waals surface area contributed by atoms with Crippen LogP contribution in [0.4, 0.5) is 0 Å². The Bertz CT molecular complexity index is 910. The molecule has 0 atom stereocenters. The molecule has 1 aliphatic rings. The van der Waals surface area contributed by atoms with Crippen LogP contribution in [0.25, 0.3) is 0 Å². The first-order chi connectivity index (χ1) is 14.0. The topological polar surface area (TPSA) is 69.7 Å². The van der Waals surface area contributed by atoms with E-state index in [1.165, 1.54) is 4.31 Å². The van der Waals surface area contributed by atoms with Crippen molar-refractivity contribution in [1.29, 1.82) is 0 Å². The van der Waals surface area contributed by atoms with Crippen LogP contribution in [0, 0.1) is 6.92 Å². The number of amides is 1. The predicted octanol–water partition coefficient (Wildman–Crippen LogP) is 1.91. The minimum atomic E-state index is -3.39. The highest BCUT2D eigenvalue weighted by Crippen LogP contribution is 2.13. The number of benzene rings is 2. The molecule has 0 bridgehead atoms. The molecule has 2 aromatic carbocycles. The maximum atomic E-state index is 13.2. The van der Waals surface area contributed by atoms with Crippen molar-refractivity contribution in [3.8, 4) is 0 Å². The Morgan fingerprint density at radius 3 is 2.34 bits per heavy atom. The number of aryl methyl sites for hydroxylation is 1. The molecule has 2 aromatic rings. The molecule has 1 heterocycles. The smallest absolute Gasteiger partial charge is 0.254 e. The molecule has 0 aromatic heterocycles. The Morgan fingerprint density at radius 2 is 1.66 bits per heavy atom. The lowest BCUT2D eigenvalue weighted by atomic mass is 10.1. The van der Waals surface area contributed by atoms with Gasteiger partial charge in [-0.15, -0.1) is 0 Å². The number of carbonyl (C=O) groups is 1. The number of sulfonamides is 1. The Hall–Kier alpha value is -2.22. The van der Waals surface area contributed by atoms with Gasteiger partial charge >= 0.3 is 0 Å². The number of hydrogen-bond donors (Lipinski definition) is 1. The van der Waals surface area contributed by atoms with Crippen molar-refractivity contribution < 1.29 is 13.2 Å². The van der Waals surface area contributed by atoms with Crippen LogP contribution >= 0.6 is 0 Å². The van der Waals surface area contributed by atoms with Crippen LogP contribution < -0.4 is 5.32 Å². The zero-order valence-electron chi connectivity index (χ0n) is 16.9. The minimum Gasteiger partial charge on any atom is -0.337 e. The summed E-state index contributed by atoms with van der Waals surface area (Å²) in [5.74, 6) is -0.172. The van der Waals surface area contributed by atoms with E-state index < -0.39 is 10.0 Å². The standard InChI is InChI=1S/C22H29N3O3S/c1-19-7-5-6-10-21(19)22(26)24(14-11-20-8-3-2-4-9-20)17-18-29(27,28)25-15-12-23-13-16-25/h2-10,23H,11-18H2,1H3. The van der Waals surface area contributed by atoms with Gasteiger partial charge in [-0.05, 0) is 30.5 Å². The second kappa shape index (κ2) is 10.0. The summed E-state index contributed by atoms with van der Waals surface area (Å²) in [6.07, 6.45) is 0.687. The maximum absolute atomic E-state index is 13.2. The van der Waals surface area contributed by atoms with Crippen LogP contribution in [0.1, 0.15) is 21.5 Å². The highest BCUT2D eigenvalue weighted by molar-refractivity contribution is 7.89. The van der Waals surface area contributed by atoms with Gasteiger partial charge in [-0.25, -0.2) is 8.42 Å². The highest BCUT2D eigenvalue weighted by atomic mass is 32.2. The van der Waals surface area contributed by atoms with E-state index in [2.05, 4.69) is 5.32 Å². The molecule has 1 N–H and O–H groups in total. The van der Waals surface area contributed by atoms with Gasteiger partial charge in [0.05, 0.1) is 5.75 Å². The first-order valence-electron chi connectivity index (χ1n) is 10.0. The summed E-state index contributed by atoms with van der Waals surface area (Å²) in [6, 6.07) is 17.4. The number of piperazine rings is 1. The Labute approximate surface area is 173 Å². The van der Waals surface area contributed by atoms with E-state index in [0.717, 1.165) is 11.1 Å². The molecule has 0 saturated carbocycles. The van der Waals surface area contributed by atoms with Gasteiger partial charge in [0.2, 0.25) is 10.0 Å². The second-order valence-electron chi connectivity index (χ2n) is 7.31. The Morgan fingerprint density at radius 1 is 1.00 bits per heavy atom. The molecular formula is C22H29N3O3S. The number of carbonyl (C=O) groups excluding carboxylic acids is 1. The predicted molar refractivity (Wildman–Crippen MR) is 115 cm³/mol. The number of rotatable bonds is 8. The van der Waals surface area contributed by atoms with E-state index in [1.807, 2.05) is 55.5 Å². The van der Waals surface area contributed by atoms with Crippen LogP contribution in [0.15, 0.2) is 54.6 Å². The molecule has 3 rings (SSSR count).